The first-order valence-corrected chi connectivity index (χ1v) is 12.9. The second kappa shape index (κ2) is 16.6. The van der Waals surface area contributed by atoms with Crippen molar-refractivity contribution in [3.63, 3.8) is 0 Å². The van der Waals surface area contributed by atoms with Gasteiger partial charge in [-0.05, 0) is 0 Å². The topological polar surface area (TPSA) is 257 Å². The molecule has 17 heteroatoms. The fourth-order valence-corrected chi connectivity index (χ4v) is 4.23. The average Bonchev–Trinajstić information content (AvgIpc) is 3.58. The van der Waals surface area contributed by atoms with Gasteiger partial charge < -0.3 is 68.9 Å². The molecule has 0 radical (unpaired) electrons. The van der Waals surface area contributed by atoms with E-state index in [1.54, 1.807) is 0 Å². The lowest BCUT2D eigenvalue weighted by molar-refractivity contribution is -0.200. The smallest absolute Gasteiger partial charge is 0.303 e. The molecule has 10 unspecified atom stereocenters. The maximum Gasteiger partial charge on any atom is 0.303 e. The molecule has 4 rings (SSSR count). The van der Waals surface area contributed by atoms with Crippen molar-refractivity contribution in [2.45, 2.75) is 94.0 Å². The summed E-state index contributed by atoms with van der Waals surface area (Å²) in [5.74, 6) is -1.35. The second-order valence-electron chi connectivity index (χ2n) is 9.76. The summed E-state index contributed by atoms with van der Waals surface area (Å²) in [5, 5.41) is 64.9. The van der Waals surface area contributed by atoms with Crippen LogP contribution < -0.4 is 0 Å². The highest BCUT2D eigenvalue weighted by molar-refractivity contribution is 5.66. The van der Waals surface area contributed by atoms with E-state index in [1.807, 2.05) is 0 Å². The molecule has 0 aliphatic carbocycles. The van der Waals surface area contributed by atoms with E-state index >= 15 is 0 Å². The van der Waals surface area contributed by atoms with Crippen LogP contribution in [0.1, 0.15) is 20.8 Å². The molecule has 7 N–H and O–H groups in total. The van der Waals surface area contributed by atoms with Crippen LogP contribution in [0.4, 0.5) is 0 Å². The molecule has 12 atom stereocenters. The van der Waals surface area contributed by atoms with Gasteiger partial charge in [0, 0.05) is 20.8 Å². The Bertz CT molecular complexity index is 841. The summed E-state index contributed by atoms with van der Waals surface area (Å²) in [4.78, 5) is 31.6. The van der Waals surface area contributed by atoms with Gasteiger partial charge >= 0.3 is 17.9 Å². The first kappa shape index (κ1) is 35.2. The highest BCUT2D eigenvalue weighted by Crippen LogP contribution is 2.28. The lowest BCUT2D eigenvalue weighted by atomic mass is 10.0. The maximum atomic E-state index is 10.7. The molecule has 0 aromatic rings. The normalized spacial score (nSPS) is 38.3. The Morgan fingerprint density at radius 1 is 0.683 bits per heavy atom. The van der Waals surface area contributed by atoms with Gasteiger partial charge in [-0.25, -0.2) is 0 Å². The van der Waals surface area contributed by atoms with Crippen LogP contribution in [0, 0.1) is 0 Å². The predicted molar refractivity (Wildman–Crippen MR) is 130 cm³/mol. The average molecular weight is 601 g/mol. The minimum Gasteiger partial charge on any atom is -0.463 e. The summed E-state index contributed by atoms with van der Waals surface area (Å²) in [6.45, 7) is 3.89. The summed E-state index contributed by atoms with van der Waals surface area (Å²) in [6.07, 6.45) is -10.1. The lowest BCUT2D eigenvalue weighted by Gasteiger charge is -2.34. The monoisotopic (exact) mass is 600 g/mol. The Morgan fingerprint density at radius 2 is 1.24 bits per heavy atom. The highest BCUT2D eigenvalue weighted by Gasteiger charge is 2.48. The van der Waals surface area contributed by atoms with Crippen LogP contribution in [0.15, 0.2) is 0 Å². The molecule has 0 bridgehead atoms. The van der Waals surface area contributed by atoms with Gasteiger partial charge in [0.15, 0.2) is 6.10 Å². The van der Waals surface area contributed by atoms with Crippen LogP contribution in [-0.2, 0) is 47.5 Å². The number of rotatable bonds is 6. The minimum absolute atomic E-state index is 0.0248. The molecule has 4 aliphatic rings. The van der Waals surface area contributed by atoms with Crippen molar-refractivity contribution in [2.24, 2.45) is 0 Å². The van der Waals surface area contributed by atoms with Crippen LogP contribution in [0.5, 0.6) is 0 Å². The first-order chi connectivity index (χ1) is 19.2. The van der Waals surface area contributed by atoms with Gasteiger partial charge in [-0.1, -0.05) is 0 Å². The molecule has 0 aromatic heterocycles. The predicted octanol–water partition coefficient (Wildman–Crippen LogP) is -4.86. The molecule has 0 saturated carbocycles. The van der Waals surface area contributed by atoms with Crippen molar-refractivity contribution in [2.75, 3.05) is 39.6 Å². The third-order valence-corrected chi connectivity index (χ3v) is 6.38. The van der Waals surface area contributed by atoms with Crippen LogP contribution >= 0.6 is 0 Å². The number of carbonyl (C=O) groups is 3. The summed E-state index contributed by atoms with van der Waals surface area (Å²) < 4.78 is 34.5. The fourth-order valence-electron chi connectivity index (χ4n) is 4.23. The van der Waals surface area contributed by atoms with Crippen LogP contribution in [0.25, 0.3) is 0 Å². The summed E-state index contributed by atoms with van der Waals surface area (Å²) in [6, 6.07) is 0. The molecule has 4 aliphatic heterocycles. The van der Waals surface area contributed by atoms with Crippen molar-refractivity contribution < 1.29 is 83.3 Å². The Morgan fingerprint density at radius 3 is 1.80 bits per heavy atom. The molecule has 17 nitrogen and oxygen atoms in total. The van der Waals surface area contributed by atoms with Crippen LogP contribution in [-0.4, -0.2) is 167 Å². The van der Waals surface area contributed by atoms with Gasteiger partial charge in [-0.3, -0.25) is 14.4 Å². The Labute approximate surface area is 235 Å². The highest BCUT2D eigenvalue weighted by atomic mass is 16.6. The SMILES string of the molecule is CC(=O)OC1COC2C(O)COC12.CC(=O)OCC(O)[C@H]1OCC(O)[C@H]1O.CC(=O)OCC1OCC(O)C(O)C1O. The Hall–Kier alpha value is -2.03. The van der Waals surface area contributed by atoms with Crippen molar-refractivity contribution in [1.29, 1.82) is 0 Å². The Balaban J connectivity index is 0.000000215. The molecule has 0 aromatic carbocycles. The zero-order valence-electron chi connectivity index (χ0n) is 22.9. The molecule has 4 saturated heterocycles. The quantitative estimate of drug-likeness (QED) is 0.111. The van der Waals surface area contributed by atoms with E-state index in [-0.39, 0.29) is 57.3 Å². The molecular weight excluding hydrogens is 560 g/mol. The van der Waals surface area contributed by atoms with E-state index in [0.717, 1.165) is 0 Å². The van der Waals surface area contributed by atoms with Crippen molar-refractivity contribution >= 4 is 17.9 Å². The van der Waals surface area contributed by atoms with Gasteiger partial charge in [0.25, 0.3) is 0 Å². The van der Waals surface area contributed by atoms with Crippen molar-refractivity contribution in [3.05, 3.63) is 0 Å². The number of aliphatic hydroxyl groups is 7. The molecule has 4 heterocycles. The van der Waals surface area contributed by atoms with E-state index < -0.39 is 66.9 Å². The molecule has 41 heavy (non-hydrogen) atoms. The van der Waals surface area contributed by atoms with Gasteiger partial charge in [0.1, 0.15) is 80.4 Å². The van der Waals surface area contributed by atoms with Gasteiger partial charge in [-0.15, -0.1) is 0 Å². The van der Waals surface area contributed by atoms with E-state index in [9.17, 15) is 39.9 Å². The second-order valence-corrected chi connectivity index (χ2v) is 9.76. The molecule has 0 spiro atoms. The first-order valence-electron chi connectivity index (χ1n) is 12.9. The summed E-state index contributed by atoms with van der Waals surface area (Å²) >= 11 is 0. The van der Waals surface area contributed by atoms with Crippen LogP contribution in [0.3, 0.4) is 0 Å². The number of hydrogen-bond donors (Lipinski definition) is 7. The van der Waals surface area contributed by atoms with E-state index in [0.29, 0.717) is 6.61 Å². The number of aliphatic hydroxyl groups excluding tert-OH is 7. The largest absolute Gasteiger partial charge is 0.463 e. The van der Waals surface area contributed by atoms with Gasteiger partial charge in [-0.2, -0.15) is 0 Å². The third kappa shape index (κ3) is 10.6. The molecule has 4 fully saturated rings. The van der Waals surface area contributed by atoms with Crippen molar-refractivity contribution in [3.8, 4) is 0 Å². The zero-order valence-corrected chi connectivity index (χ0v) is 22.9. The summed E-state index contributed by atoms with van der Waals surface area (Å²) in [7, 11) is 0. The maximum absolute atomic E-state index is 10.7. The zero-order chi connectivity index (χ0) is 30.9. The van der Waals surface area contributed by atoms with Crippen molar-refractivity contribution in [1.82, 2.24) is 0 Å². The lowest BCUT2D eigenvalue weighted by Crippen LogP contribution is -2.54. The third-order valence-electron chi connectivity index (χ3n) is 6.38. The van der Waals surface area contributed by atoms with E-state index in [1.165, 1.54) is 20.8 Å². The van der Waals surface area contributed by atoms with E-state index in [2.05, 4.69) is 9.47 Å². The number of fused-ring (bicyclic) bond motifs is 1. The Kier molecular flexibility index (Phi) is 14.2. The molecule has 238 valence electrons. The van der Waals surface area contributed by atoms with Crippen LogP contribution in [0.2, 0.25) is 0 Å². The van der Waals surface area contributed by atoms with E-state index in [4.69, 9.17) is 33.9 Å². The minimum atomic E-state index is -1.26. The number of hydrogen-bond acceptors (Lipinski definition) is 17. The van der Waals surface area contributed by atoms with Gasteiger partial charge in [0.05, 0.1) is 26.4 Å². The number of esters is 3. The fraction of sp³-hybridized carbons (Fsp3) is 0.875. The standard InChI is InChI=1S/2C8H14O6.C8H12O5/c1-4(9)13-3-6-8(12)7(11)5(10)2-14-6;1-4(9)13-3-6(11)8-7(12)5(10)2-14-8;1-4(9)13-6-3-12-7-5(10)2-11-8(6)7/h2*5-8,10-12H,2-3H2,1H3;5-8,10H,2-3H2,1H3/t;5?,6?,7-,8-;/m.1./s1. The number of carbonyl (C=O) groups excluding carboxylic acids is 3. The van der Waals surface area contributed by atoms with Gasteiger partial charge in [0.2, 0.25) is 0 Å². The summed E-state index contributed by atoms with van der Waals surface area (Å²) in [5.41, 5.74) is 0. The number of ether oxygens (including phenoxy) is 7. The molecular formula is C24H40O17. The molecule has 0 amide bonds.